The van der Waals surface area contributed by atoms with E-state index < -0.39 is 11.6 Å². The number of hydrogen-bond donors (Lipinski definition) is 0. The lowest BCUT2D eigenvalue weighted by Gasteiger charge is -2.33. The van der Waals surface area contributed by atoms with Crippen LogP contribution in [-0.2, 0) is 6.54 Å². The summed E-state index contributed by atoms with van der Waals surface area (Å²) >= 11 is 13.6. The third-order valence-corrected chi connectivity index (χ3v) is 7.29. The van der Waals surface area contributed by atoms with Crippen molar-refractivity contribution in [1.82, 2.24) is 4.90 Å². The number of nitrogens with zero attached hydrogens (tertiary/aromatic N) is 2. The summed E-state index contributed by atoms with van der Waals surface area (Å²) in [5.74, 6) is -0.927. The molecule has 0 spiro atoms. The van der Waals surface area contributed by atoms with Crippen molar-refractivity contribution in [3.8, 4) is 0 Å². The molecule has 0 aliphatic rings. The average molecular weight is 710 g/mol. The topological polar surface area (TPSA) is 23.6 Å². The van der Waals surface area contributed by atoms with Crippen LogP contribution in [0.4, 0.5) is 25.0 Å². The van der Waals surface area contributed by atoms with Crippen LogP contribution in [-0.4, -0.2) is 17.5 Å². The van der Waals surface area contributed by atoms with Gasteiger partial charge in [0.15, 0.2) is 0 Å². The molecule has 0 N–H and O–H groups in total. The first kappa shape index (κ1) is 26.3. The summed E-state index contributed by atoms with van der Waals surface area (Å²) in [5, 5.41) is 0. The Bertz CT molecular complexity index is 1040. The lowest BCUT2D eigenvalue weighted by molar-refractivity contribution is 0.203. The van der Waals surface area contributed by atoms with Gasteiger partial charge in [-0.1, -0.05) is 43.7 Å². The van der Waals surface area contributed by atoms with Gasteiger partial charge in [0.2, 0.25) is 0 Å². The zero-order chi connectivity index (χ0) is 24.1. The average Bonchev–Trinajstić information content (AvgIpc) is 2.74. The molecule has 0 heterocycles. The molecular weight excluding hydrogens is 690 g/mol. The van der Waals surface area contributed by atoms with Crippen molar-refractivity contribution in [3.05, 3.63) is 89.7 Å². The van der Waals surface area contributed by atoms with Crippen molar-refractivity contribution in [2.45, 2.75) is 26.3 Å². The van der Waals surface area contributed by atoms with E-state index in [0.29, 0.717) is 42.4 Å². The van der Waals surface area contributed by atoms with Crippen molar-refractivity contribution in [3.63, 3.8) is 0 Å². The van der Waals surface area contributed by atoms with E-state index in [9.17, 15) is 13.6 Å². The second kappa shape index (κ2) is 11.9. The van der Waals surface area contributed by atoms with Gasteiger partial charge >= 0.3 is 6.03 Å². The molecule has 33 heavy (non-hydrogen) atoms. The number of carbonyl (C=O) groups excluding carboxylic acids is 1. The van der Waals surface area contributed by atoms with Crippen LogP contribution in [0.5, 0.6) is 0 Å². The van der Waals surface area contributed by atoms with Gasteiger partial charge in [-0.05, 0) is 100.0 Å². The maximum absolute atomic E-state index is 14.1. The number of amides is 2. The summed E-state index contributed by atoms with van der Waals surface area (Å²) in [6.45, 7) is 2.97. The van der Waals surface area contributed by atoms with E-state index in [2.05, 4.69) is 70.6 Å². The highest BCUT2D eigenvalue weighted by atomic mass is 79.9. The van der Waals surface area contributed by atoms with Crippen LogP contribution in [0.3, 0.4) is 0 Å². The number of rotatable bonds is 7. The van der Waals surface area contributed by atoms with Crippen molar-refractivity contribution < 1.29 is 13.6 Å². The minimum Gasteiger partial charge on any atom is -0.320 e. The second-order valence-corrected chi connectivity index (χ2v) is 10.7. The molecule has 2 amide bonds. The van der Waals surface area contributed by atoms with E-state index in [1.165, 1.54) is 29.2 Å². The van der Waals surface area contributed by atoms with Gasteiger partial charge in [0, 0.05) is 31.0 Å². The Kier molecular flexibility index (Phi) is 9.50. The zero-order valence-corrected chi connectivity index (χ0v) is 23.9. The van der Waals surface area contributed by atoms with Crippen LogP contribution in [0.15, 0.2) is 72.5 Å². The molecule has 0 aliphatic carbocycles. The summed E-state index contributed by atoms with van der Waals surface area (Å²) in [4.78, 5) is 17.3. The van der Waals surface area contributed by atoms with E-state index in [4.69, 9.17) is 0 Å². The predicted octanol–water partition coefficient (Wildman–Crippen LogP) is 9.58. The third-order valence-electron chi connectivity index (χ3n) is 4.87. The molecule has 3 rings (SSSR count). The van der Waals surface area contributed by atoms with E-state index >= 15 is 0 Å². The van der Waals surface area contributed by atoms with Gasteiger partial charge in [-0.2, -0.15) is 0 Å². The molecule has 174 valence electrons. The zero-order valence-electron chi connectivity index (χ0n) is 17.6. The largest absolute Gasteiger partial charge is 0.329 e. The Hall–Kier alpha value is -1.29. The number of benzene rings is 3. The van der Waals surface area contributed by atoms with E-state index in [1.807, 2.05) is 30.3 Å². The fourth-order valence-electron chi connectivity index (χ4n) is 3.34. The Labute approximate surface area is 225 Å². The van der Waals surface area contributed by atoms with Crippen LogP contribution in [0.25, 0.3) is 0 Å². The summed E-state index contributed by atoms with van der Waals surface area (Å²) in [5.41, 5.74) is 1.80. The molecule has 0 atom stereocenters. The lowest BCUT2D eigenvalue weighted by atomic mass is 10.2. The maximum Gasteiger partial charge on any atom is 0.329 e. The second-order valence-electron chi connectivity index (χ2n) is 7.31. The summed E-state index contributed by atoms with van der Waals surface area (Å²) in [7, 11) is 0. The van der Waals surface area contributed by atoms with Gasteiger partial charge in [-0.3, -0.25) is 4.90 Å². The summed E-state index contributed by atoms with van der Waals surface area (Å²) in [6.07, 6.45) is 1.72. The fourth-order valence-corrected chi connectivity index (χ4v) is 6.31. The first-order valence-electron chi connectivity index (χ1n) is 10.1. The molecule has 0 fully saturated rings. The third kappa shape index (κ3) is 6.44. The fraction of sp³-hybridized carbons (Fsp3) is 0.208. The monoisotopic (exact) mass is 706 g/mol. The smallest absolute Gasteiger partial charge is 0.320 e. The molecule has 3 aromatic rings. The highest BCUT2D eigenvalue weighted by Crippen LogP contribution is 2.45. The van der Waals surface area contributed by atoms with Crippen molar-refractivity contribution in [2.75, 3.05) is 11.4 Å². The number of hydrogen-bond acceptors (Lipinski definition) is 1. The maximum atomic E-state index is 14.1. The summed E-state index contributed by atoms with van der Waals surface area (Å²) < 4.78 is 29.6. The van der Waals surface area contributed by atoms with Gasteiger partial charge in [-0.25, -0.2) is 13.6 Å². The van der Waals surface area contributed by atoms with Crippen LogP contribution in [0, 0.1) is 11.6 Å². The van der Waals surface area contributed by atoms with Gasteiger partial charge < -0.3 is 4.90 Å². The summed E-state index contributed by atoms with van der Waals surface area (Å²) in [6, 6.07) is 14.5. The number of unbranched alkanes of at least 4 members (excludes halogenated alkanes) is 1. The lowest BCUT2D eigenvalue weighted by Crippen LogP contribution is -2.41. The quantitative estimate of drug-likeness (QED) is 0.240. The molecular formula is C24H20Br4F2N2O. The first-order valence-corrected chi connectivity index (χ1v) is 13.3. The van der Waals surface area contributed by atoms with Crippen LogP contribution < -0.4 is 4.90 Å². The van der Waals surface area contributed by atoms with Crippen molar-refractivity contribution in [1.29, 1.82) is 0 Å². The first-order chi connectivity index (χ1) is 15.7. The van der Waals surface area contributed by atoms with Crippen LogP contribution in [0.2, 0.25) is 0 Å². The molecule has 0 bridgehead atoms. The SMILES string of the molecule is CCCCN(Cc1ccccc1)C(=O)N(c1c(Br)cc(F)cc1Br)c1c(Br)cc(F)cc1Br. The minimum absolute atomic E-state index is 0.326. The van der Waals surface area contributed by atoms with Gasteiger partial charge in [-0.15, -0.1) is 0 Å². The Morgan fingerprint density at radius 2 is 1.27 bits per heavy atom. The van der Waals surface area contributed by atoms with Crippen molar-refractivity contribution in [2.24, 2.45) is 0 Å². The van der Waals surface area contributed by atoms with Crippen molar-refractivity contribution >= 4 is 81.1 Å². The predicted molar refractivity (Wildman–Crippen MR) is 143 cm³/mol. The van der Waals surface area contributed by atoms with Crippen LogP contribution >= 0.6 is 63.7 Å². The van der Waals surface area contributed by atoms with E-state index in [-0.39, 0.29) is 6.03 Å². The minimum atomic E-state index is -0.464. The highest BCUT2D eigenvalue weighted by Gasteiger charge is 2.31. The van der Waals surface area contributed by atoms with Crippen LogP contribution in [0.1, 0.15) is 25.3 Å². The molecule has 0 saturated heterocycles. The highest BCUT2D eigenvalue weighted by molar-refractivity contribution is 9.11. The van der Waals surface area contributed by atoms with E-state index in [0.717, 1.165) is 18.4 Å². The molecule has 0 radical (unpaired) electrons. The number of urea groups is 1. The molecule has 0 aromatic heterocycles. The normalized spacial score (nSPS) is 10.9. The number of carbonyl (C=O) groups is 1. The molecule has 0 saturated carbocycles. The molecule has 3 nitrogen and oxygen atoms in total. The van der Waals surface area contributed by atoms with E-state index in [1.54, 1.807) is 4.90 Å². The molecule has 3 aromatic carbocycles. The Balaban J connectivity index is 2.18. The number of anilines is 2. The molecule has 9 heteroatoms. The number of halogens is 6. The Morgan fingerprint density at radius 1 is 0.818 bits per heavy atom. The molecule has 0 unspecified atom stereocenters. The standard InChI is InChI=1S/C24H20Br4F2N2O/c1-2-3-9-31(14-15-7-5-4-6-8-15)24(33)32(22-18(25)10-16(29)11-19(22)26)23-20(27)12-17(30)13-21(23)28/h4-8,10-13H,2-3,9,14H2,1H3. The van der Waals surface area contributed by atoms with Gasteiger partial charge in [0.1, 0.15) is 11.6 Å². The Morgan fingerprint density at radius 3 is 1.70 bits per heavy atom. The van der Waals surface area contributed by atoms with Gasteiger partial charge in [0.05, 0.1) is 11.4 Å². The molecule has 0 aliphatic heterocycles. The van der Waals surface area contributed by atoms with Gasteiger partial charge in [0.25, 0.3) is 0 Å².